The summed E-state index contributed by atoms with van der Waals surface area (Å²) in [6.45, 7) is 0.550. The van der Waals surface area contributed by atoms with Gasteiger partial charge >= 0.3 is 0 Å². The van der Waals surface area contributed by atoms with Gasteiger partial charge in [-0.1, -0.05) is 12.2 Å². The van der Waals surface area contributed by atoms with Crippen LogP contribution in [0.5, 0.6) is 0 Å². The SMILES string of the molecule is CSCC(=O)NCCC(N)=S. The van der Waals surface area contributed by atoms with E-state index < -0.39 is 0 Å². The van der Waals surface area contributed by atoms with Crippen molar-refractivity contribution < 1.29 is 4.79 Å². The highest BCUT2D eigenvalue weighted by Crippen LogP contribution is 1.89. The Bertz CT molecular complexity index is 150. The third-order valence-corrected chi connectivity index (χ3v) is 1.72. The molecule has 0 aliphatic carbocycles. The van der Waals surface area contributed by atoms with E-state index in [4.69, 9.17) is 5.73 Å². The molecule has 1 amide bonds. The molecule has 0 spiro atoms. The van der Waals surface area contributed by atoms with Crippen molar-refractivity contribution in [1.82, 2.24) is 5.32 Å². The highest BCUT2D eigenvalue weighted by Gasteiger charge is 1.97. The van der Waals surface area contributed by atoms with Crippen molar-refractivity contribution >= 4 is 34.9 Å². The first kappa shape index (κ1) is 10.7. The van der Waals surface area contributed by atoms with Gasteiger partial charge in [0, 0.05) is 13.0 Å². The minimum absolute atomic E-state index is 0.0359. The summed E-state index contributed by atoms with van der Waals surface area (Å²) in [5.41, 5.74) is 5.23. The van der Waals surface area contributed by atoms with Crippen LogP contribution >= 0.6 is 24.0 Å². The standard InChI is InChI=1S/C6H12N2OS2/c1-11-4-6(9)8-3-2-5(7)10/h2-4H2,1H3,(H2,7,10)(H,8,9). The summed E-state index contributed by atoms with van der Waals surface area (Å²) < 4.78 is 0. The molecule has 0 radical (unpaired) electrons. The summed E-state index contributed by atoms with van der Waals surface area (Å²) in [6.07, 6.45) is 2.46. The molecule has 3 N–H and O–H groups in total. The van der Waals surface area contributed by atoms with Gasteiger partial charge in [0.05, 0.1) is 10.7 Å². The zero-order chi connectivity index (χ0) is 8.69. The van der Waals surface area contributed by atoms with Gasteiger partial charge in [0.2, 0.25) is 5.91 Å². The van der Waals surface area contributed by atoms with E-state index in [1.165, 1.54) is 11.8 Å². The highest BCUT2D eigenvalue weighted by molar-refractivity contribution is 7.99. The van der Waals surface area contributed by atoms with E-state index in [9.17, 15) is 4.79 Å². The first-order valence-electron chi connectivity index (χ1n) is 3.20. The number of hydrogen-bond donors (Lipinski definition) is 2. The van der Waals surface area contributed by atoms with Crippen LogP contribution in [-0.2, 0) is 4.79 Å². The van der Waals surface area contributed by atoms with Crippen LogP contribution in [0.2, 0.25) is 0 Å². The van der Waals surface area contributed by atoms with Gasteiger partial charge in [0.1, 0.15) is 0 Å². The Hall–Kier alpha value is -0.290. The first-order chi connectivity index (χ1) is 5.16. The molecular formula is C6H12N2OS2. The van der Waals surface area contributed by atoms with Crippen molar-refractivity contribution in [3.05, 3.63) is 0 Å². The molecule has 0 saturated carbocycles. The van der Waals surface area contributed by atoms with E-state index in [0.717, 1.165) is 0 Å². The number of rotatable bonds is 5. The van der Waals surface area contributed by atoms with E-state index in [1.807, 2.05) is 6.26 Å². The van der Waals surface area contributed by atoms with Crippen molar-refractivity contribution in [2.24, 2.45) is 5.73 Å². The number of amides is 1. The van der Waals surface area contributed by atoms with Crippen LogP contribution in [0.4, 0.5) is 0 Å². The van der Waals surface area contributed by atoms with Gasteiger partial charge in [0.25, 0.3) is 0 Å². The normalized spacial score (nSPS) is 9.18. The summed E-state index contributed by atoms with van der Waals surface area (Å²) >= 11 is 6.13. The Morgan fingerprint density at radius 1 is 1.73 bits per heavy atom. The van der Waals surface area contributed by atoms with Gasteiger partial charge in [0.15, 0.2) is 0 Å². The molecule has 0 aromatic carbocycles. The molecule has 11 heavy (non-hydrogen) atoms. The zero-order valence-electron chi connectivity index (χ0n) is 6.42. The van der Waals surface area contributed by atoms with E-state index >= 15 is 0 Å². The van der Waals surface area contributed by atoms with Crippen molar-refractivity contribution in [1.29, 1.82) is 0 Å². The van der Waals surface area contributed by atoms with Crippen LogP contribution in [0.3, 0.4) is 0 Å². The Balaban J connectivity index is 3.24. The molecule has 0 rings (SSSR count). The van der Waals surface area contributed by atoms with Crippen LogP contribution < -0.4 is 11.1 Å². The van der Waals surface area contributed by atoms with Crippen LogP contribution in [0, 0.1) is 0 Å². The number of nitrogens with two attached hydrogens (primary N) is 1. The summed E-state index contributed by atoms with van der Waals surface area (Å²) in [7, 11) is 0. The Kier molecular flexibility index (Phi) is 6.25. The van der Waals surface area contributed by atoms with Crippen molar-refractivity contribution in [2.45, 2.75) is 6.42 Å². The molecule has 0 fully saturated rings. The van der Waals surface area contributed by atoms with E-state index in [1.54, 1.807) is 0 Å². The monoisotopic (exact) mass is 192 g/mol. The maximum absolute atomic E-state index is 10.8. The number of thioether (sulfide) groups is 1. The molecule has 5 heteroatoms. The smallest absolute Gasteiger partial charge is 0.229 e. The molecule has 64 valence electrons. The maximum atomic E-state index is 10.8. The predicted octanol–water partition coefficient (Wildman–Crippen LogP) is 0.142. The van der Waals surface area contributed by atoms with Crippen molar-refractivity contribution in [3.63, 3.8) is 0 Å². The van der Waals surface area contributed by atoms with Crippen molar-refractivity contribution in [2.75, 3.05) is 18.6 Å². The van der Waals surface area contributed by atoms with Crippen LogP contribution in [0.25, 0.3) is 0 Å². The summed E-state index contributed by atoms with van der Waals surface area (Å²) in [6, 6.07) is 0. The second-order valence-corrected chi connectivity index (χ2v) is 3.39. The topological polar surface area (TPSA) is 55.1 Å². The van der Waals surface area contributed by atoms with Gasteiger partial charge < -0.3 is 11.1 Å². The second-order valence-electron chi connectivity index (χ2n) is 2.00. The lowest BCUT2D eigenvalue weighted by atomic mass is 10.4. The molecule has 0 bridgehead atoms. The van der Waals surface area contributed by atoms with Crippen molar-refractivity contribution in [3.8, 4) is 0 Å². The minimum atomic E-state index is 0.0359. The van der Waals surface area contributed by atoms with Gasteiger partial charge in [-0.25, -0.2) is 0 Å². The largest absolute Gasteiger partial charge is 0.393 e. The number of hydrogen-bond acceptors (Lipinski definition) is 3. The lowest BCUT2D eigenvalue weighted by Gasteiger charge is -2.01. The van der Waals surface area contributed by atoms with Crippen LogP contribution in [-0.4, -0.2) is 29.4 Å². The summed E-state index contributed by atoms with van der Waals surface area (Å²) in [5, 5.41) is 2.69. The third-order valence-electron chi connectivity index (χ3n) is 0.969. The molecule has 0 aromatic heterocycles. The molecule has 0 saturated heterocycles. The van der Waals surface area contributed by atoms with E-state index in [2.05, 4.69) is 17.5 Å². The predicted molar refractivity (Wildman–Crippen MR) is 52.8 cm³/mol. The number of carbonyl (C=O) groups is 1. The Morgan fingerprint density at radius 2 is 2.36 bits per heavy atom. The number of thiocarbonyl (C=S) groups is 1. The lowest BCUT2D eigenvalue weighted by Crippen LogP contribution is -2.28. The van der Waals surface area contributed by atoms with E-state index in [0.29, 0.717) is 23.7 Å². The zero-order valence-corrected chi connectivity index (χ0v) is 8.06. The quantitative estimate of drug-likeness (QED) is 0.609. The fourth-order valence-electron chi connectivity index (χ4n) is 0.507. The first-order valence-corrected chi connectivity index (χ1v) is 5.01. The number of carbonyl (C=O) groups excluding carboxylic acids is 1. The molecule has 0 unspecified atom stereocenters. The lowest BCUT2D eigenvalue weighted by molar-refractivity contribution is -0.118. The minimum Gasteiger partial charge on any atom is -0.393 e. The maximum Gasteiger partial charge on any atom is 0.229 e. The molecule has 0 aliphatic rings. The summed E-state index contributed by atoms with van der Waals surface area (Å²) in [5.74, 6) is 0.533. The molecule has 3 nitrogen and oxygen atoms in total. The second kappa shape index (κ2) is 6.42. The molecule has 0 aromatic rings. The average molecular weight is 192 g/mol. The van der Waals surface area contributed by atoms with Gasteiger partial charge in [-0.15, -0.1) is 0 Å². The Labute approximate surface area is 76.1 Å². The van der Waals surface area contributed by atoms with Gasteiger partial charge in [-0.05, 0) is 6.26 Å². The highest BCUT2D eigenvalue weighted by atomic mass is 32.2. The van der Waals surface area contributed by atoms with E-state index in [-0.39, 0.29) is 5.91 Å². The molecule has 0 heterocycles. The Morgan fingerprint density at radius 3 is 2.82 bits per heavy atom. The summed E-state index contributed by atoms with van der Waals surface area (Å²) in [4.78, 5) is 11.2. The van der Waals surface area contributed by atoms with Gasteiger partial charge in [-0.2, -0.15) is 11.8 Å². The fraction of sp³-hybridized carbons (Fsp3) is 0.667. The molecule has 0 aliphatic heterocycles. The molecule has 0 atom stereocenters. The van der Waals surface area contributed by atoms with Gasteiger partial charge in [-0.3, -0.25) is 4.79 Å². The average Bonchev–Trinajstić information content (AvgIpc) is 1.87. The fourth-order valence-corrected chi connectivity index (χ4v) is 0.974. The number of nitrogens with one attached hydrogen (secondary N) is 1. The van der Waals surface area contributed by atoms with Crippen LogP contribution in [0.1, 0.15) is 6.42 Å². The third kappa shape index (κ3) is 7.61. The molecular weight excluding hydrogens is 180 g/mol. The van der Waals surface area contributed by atoms with Crippen LogP contribution in [0.15, 0.2) is 0 Å².